The van der Waals surface area contributed by atoms with Gasteiger partial charge >= 0.3 is 0 Å². The molecule has 0 aromatic heterocycles. The van der Waals surface area contributed by atoms with Crippen LogP contribution in [0.4, 0.5) is 11.4 Å². The standard InChI is InChI=1S/C27H33N3O5S2/c1-36(32,33)28-20-10-11-25-23(15-20)27(12-3-2-4-13-27)17-30(25)26(31)19-6-5-7-21(14-19)37(34,35)29-24-16-22(24)18-8-9-18/h5-7,10-11,14-15,18,22,24,28-29H,2-4,8-9,12-13,16-17H2,1H3. The van der Waals surface area contributed by atoms with Crippen molar-refractivity contribution in [2.24, 2.45) is 11.8 Å². The topological polar surface area (TPSA) is 113 Å². The second-order valence-corrected chi connectivity index (χ2v) is 14.8. The number of benzene rings is 2. The summed E-state index contributed by atoms with van der Waals surface area (Å²) in [6, 6.07) is 11.7. The molecule has 198 valence electrons. The molecule has 0 bridgehead atoms. The van der Waals surface area contributed by atoms with E-state index in [2.05, 4.69) is 9.44 Å². The summed E-state index contributed by atoms with van der Waals surface area (Å²) in [5, 5.41) is 0. The van der Waals surface area contributed by atoms with Gasteiger partial charge in [0.1, 0.15) is 0 Å². The van der Waals surface area contributed by atoms with Gasteiger partial charge in [-0.3, -0.25) is 9.52 Å². The predicted molar refractivity (Wildman–Crippen MR) is 143 cm³/mol. The summed E-state index contributed by atoms with van der Waals surface area (Å²) in [6.45, 7) is 0.504. The summed E-state index contributed by atoms with van der Waals surface area (Å²) < 4.78 is 55.2. The van der Waals surface area contributed by atoms with E-state index in [1.807, 2.05) is 6.07 Å². The SMILES string of the molecule is CS(=O)(=O)Nc1ccc2c(c1)C1(CCCCC1)CN2C(=O)c1cccc(S(=O)(=O)NC2CC2C2CC2)c1. The van der Waals surface area contributed by atoms with Crippen LogP contribution in [0.25, 0.3) is 0 Å². The third-order valence-corrected chi connectivity index (χ3v) is 10.5. The van der Waals surface area contributed by atoms with Gasteiger partial charge in [-0.15, -0.1) is 0 Å². The second kappa shape index (κ2) is 8.81. The Morgan fingerprint density at radius 1 is 1.00 bits per heavy atom. The third kappa shape index (κ3) is 4.91. The molecule has 1 heterocycles. The molecule has 0 radical (unpaired) electrons. The number of hydrogen-bond acceptors (Lipinski definition) is 5. The summed E-state index contributed by atoms with van der Waals surface area (Å²) >= 11 is 0. The molecule has 10 heteroatoms. The minimum Gasteiger partial charge on any atom is -0.307 e. The monoisotopic (exact) mass is 543 g/mol. The maximum Gasteiger partial charge on any atom is 0.258 e. The molecular weight excluding hydrogens is 510 g/mol. The van der Waals surface area contributed by atoms with Gasteiger partial charge in [-0.05, 0) is 85.9 Å². The quantitative estimate of drug-likeness (QED) is 0.548. The number of carbonyl (C=O) groups is 1. The zero-order valence-electron chi connectivity index (χ0n) is 20.9. The van der Waals surface area contributed by atoms with Gasteiger partial charge in [0.25, 0.3) is 5.91 Å². The molecule has 1 amide bonds. The van der Waals surface area contributed by atoms with Crippen LogP contribution in [0, 0.1) is 11.8 Å². The van der Waals surface area contributed by atoms with Crippen LogP contribution in [0.2, 0.25) is 0 Å². The van der Waals surface area contributed by atoms with Gasteiger partial charge in [-0.25, -0.2) is 21.6 Å². The highest BCUT2D eigenvalue weighted by Crippen LogP contribution is 2.51. The van der Waals surface area contributed by atoms with Crippen LogP contribution in [0.5, 0.6) is 0 Å². The molecule has 2 atom stereocenters. The first-order valence-electron chi connectivity index (χ1n) is 13.1. The number of nitrogens with one attached hydrogen (secondary N) is 2. The summed E-state index contributed by atoms with van der Waals surface area (Å²) in [5.41, 5.74) is 2.34. The highest BCUT2D eigenvalue weighted by atomic mass is 32.2. The lowest BCUT2D eigenvalue weighted by Crippen LogP contribution is -2.38. The Kier molecular flexibility index (Phi) is 5.93. The molecule has 0 saturated heterocycles. The van der Waals surface area contributed by atoms with E-state index in [0.29, 0.717) is 29.6 Å². The predicted octanol–water partition coefficient (Wildman–Crippen LogP) is 4.00. The fourth-order valence-corrected chi connectivity index (χ4v) is 8.30. The van der Waals surface area contributed by atoms with Crippen LogP contribution in [0.1, 0.15) is 67.3 Å². The summed E-state index contributed by atoms with van der Waals surface area (Å²) in [7, 11) is -7.14. The van der Waals surface area contributed by atoms with Crippen LogP contribution in [0.3, 0.4) is 0 Å². The van der Waals surface area contributed by atoms with E-state index in [1.165, 1.54) is 25.0 Å². The van der Waals surface area contributed by atoms with Gasteiger partial charge < -0.3 is 4.90 Å². The molecular formula is C27H33N3O5S2. The highest BCUT2D eigenvalue weighted by molar-refractivity contribution is 7.92. The number of hydrogen-bond donors (Lipinski definition) is 2. The Hall–Kier alpha value is -2.43. The lowest BCUT2D eigenvalue weighted by Gasteiger charge is -2.34. The molecule has 2 aromatic carbocycles. The van der Waals surface area contributed by atoms with E-state index in [4.69, 9.17) is 0 Å². The van der Waals surface area contributed by atoms with Gasteiger partial charge in [-0.2, -0.15) is 0 Å². The van der Waals surface area contributed by atoms with Crippen molar-refractivity contribution >= 4 is 37.3 Å². The van der Waals surface area contributed by atoms with Crippen molar-refractivity contribution < 1.29 is 21.6 Å². The first kappa shape index (κ1) is 24.9. The summed E-state index contributed by atoms with van der Waals surface area (Å²) in [6.07, 6.45) is 9.49. The van der Waals surface area contributed by atoms with Crippen molar-refractivity contribution in [1.82, 2.24) is 4.72 Å². The largest absolute Gasteiger partial charge is 0.307 e. The normalized spacial score (nSPS) is 24.6. The Morgan fingerprint density at radius 3 is 2.46 bits per heavy atom. The molecule has 2 aromatic rings. The van der Waals surface area contributed by atoms with Crippen LogP contribution >= 0.6 is 0 Å². The van der Waals surface area contributed by atoms with Crippen molar-refractivity contribution in [3.8, 4) is 0 Å². The van der Waals surface area contributed by atoms with E-state index in [0.717, 1.165) is 56.0 Å². The average molecular weight is 544 g/mol. The molecule has 3 fully saturated rings. The maximum atomic E-state index is 13.8. The van der Waals surface area contributed by atoms with Crippen molar-refractivity contribution in [2.75, 3.05) is 22.4 Å². The van der Waals surface area contributed by atoms with Gasteiger partial charge in [0.05, 0.1) is 11.2 Å². The van der Waals surface area contributed by atoms with E-state index in [9.17, 15) is 21.6 Å². The Labute approximate surface area is 218 Å². The third-order valence-electron chi connectivity index (χ3n) is 8.44. The number of carbonyl (C=O) groups excluding carboxylic acids is 1. The number of nitrogens with zero attached hydrogens (tertiary/aromatic N) is 1. The maximum absolute atomic E-state index is 13.8. The average Bonchev–Trinajstić information content (AvgIpc) is 3.77. The number of anilines is 2. The molecule has 8 nitrogen and oxygen atoms in total. The number of sulfonamides is 2. The number of amides is 1. The Morgan fingerprint density at radius 2 is 1.76 bits per heavy atom. The first-order valence-corrected chi connectivity index (χ1v) is 16.5. The van der Waals surface area contributed by atoms with Gasteiger partial charge in [0.15, 0.2) is 0 Å². The highest BCUT2D eigenvalue weighted by Gasteiger charge is 2.49. The minimum absolute atomic E-state index is 0.00298. The second-order valence-electron chi connectivity index (χ2n) is 11.3. The smallest absolute Gasteiger partial charge is 0.258 e. The van der Waals surface area contributed by atoms with E-state index in [1.54, 1.807) is 29.2 Å². The lowest BCUT2D eigenvalue weighted by molar-refractivity contribution is 0.0982. The molecule has 1 spiro atoms. The number of rotatable bonds is 7. The van der Waals surface area contributed by atoms with E-state index >= 15 is 0 Å². The van der Waals surface area contributed by atoms with Crippen molar-refractivity contribution in [1.29, 1.82) is 0 Å². The van der Waals surface area contributed by atoms with Gasteiger partial charge in [-0.1, -0.05) is 25.3 Å². The van der Waals surface area contributed by atoms with Crippen LogP contribution in [-0.4, -0.2) is 41.6 Å². The minimum atomic E-state index is -3.71. The van der Waals surface area contributed by atoms with Crippen molar-refractivity contribution in [3.05, 3.63) is 53.6 Å². The zero-order valence-corrected chi connectivity index (χ0v) is 22.6. The fraction of sp³-hybridized carbons (Fsp3) is 0.519. The summed E-state index contributed by atoms with van der Waals surface area (Å²) in [4.78, 5) is 15.7. The molecule has 3 saturated carbocycles. The Balaban J connectivity index is 1.29. The first-order chi connectivity index (χ1) is 17.5. The molecule has 4 aliphatic rings. The van der Waals surface area contributed by atoms with Gasteiger partial charge in [0.2, 0.25) is 20.0 Å². The lowest BCUT2D eigenvalue weighted by atomic mass is 9.70. The molecule has 2 unspecified atom stereocenters. The molecule has 1 aliphatic heterocycles. The molecule has 37 heavy (non-hydrogen) atoms. The van der Waals surface area contributed by atoms with Gasteiger partial charge in [0, 0.05) is 34.9 Å². The molecule has 3 aliphatic carbocycles. The fourth-order valence-electron chi connectivity index (χ4n) is 6.40. The van der Waals surface area contributed by atoms with Crippen molar-refractivity contribution in [2.45, 2.75) is 67.7 Å². The van der Waals surface area contributed by atoms with Crippen molar-refractivity contribution in [3.63, 3.8) is 0 Å². The number of fused-ring (bicyclic) bond motifs is 2. The van der Waals surface area contributed by atoms with E-state index in [-0.39, 0.29) is 22.3 Å². The summed E-state index contributed by atoms with van der Waals surface area (Å²) in [5.74, 6) is 0.873. The van der Waals surface area contributed by atoms with Crippen LogP contribution < -0.4 is 14.3 Å². The van der Waals surface area contributed by atoms with E-state index < -0.39 is 20.0 Å². The molecule has 2 N–H and O–H groups in total. The zero-order chi connectivity index (χ0) is 26.0. The van der Waals surface area contributed by atoms with Crippen LogP contribution in [-0.2, 0) is 25.5 Å². The molecule has 6 rings (SSSR count). The van der Waals surface area contributed by atoms with Crippen LogP contribution in [0.15, 0.2) is 47.4 Å². The Bertz CT molecular complexity index is 1460.